The summed E-state index contributed by atoms with van der Waals surface area (Å²) in [7, 11) is 0. The summed E-state index contributed by atoms with van der Waals surface area (Å²) in [6.07, 6.45) is 2.44. The van der Waals surface area contributed by atoms with Crippen LogP contribution in [-0.2, 0) is 24.9 Å². The number of benzene rings is 1. The summed E-state index contributed by atoms with van der Waals surface area (Å²) in [5.74, 6) is -0.323. The molecule has 2 aromatic heterocycles. The quantitative estimate of drug-likeness (QED) is 0.607. The molecule has 0 aliphatic carbocycles. The van der Waals surface area contributed by atoms with Crippen LogP contribution in [0.1, 0.15) is 71.1 Å². The largest absolute Gasteiger partial charge is 0.357 e. The number of halogens is 1. The topological polar surface area (TPSA) is 58.1 Å². The monoisotopic (exact) mass is 421 g/mol. The van der Waals surface area contributed by atoms with Gasteiger partial charge in [-0.1, -0.05) is 32.9 Å². The van der Waals surface area contributed by atoms with E-state index in [2.05, 4.69) is 23.4 Å². The van der Waals surface area contributed by atoms with E-state index in [1.54, 1.807) is 31.3 Å². The SMILES string of the molecule is CCc1c(C(C)=O)c2c(n1Cc1ccc(F)cc1)C(C)(C)CN(C(=O)c1ccc[nH]1)C2. The smallest absolute Gasteiger partial charge is 0.270 e. The summed E-state index contributed by atoms with van der Waals surface area (Å²) in [6.45, 7) is 9.38. The molecule has 0 atom stereocenters. The summed E-state index contributed by atoms with van der Waals surface area (Å²) in [4.78, 5) is 30.7. The number of carbonyl (C=O) groups excluding carboxylic acids is 2. The summed E-state index contributed by atoms with van der Waals surface area (Å²) in [5, 5.41) is 0. The third kappa shape index (κ3) is 3.71. The number of nitrogens with zero attached hydrogens (tertiary/aromatic N) is 2. The average Bonchev–Trinajstić information content (AvgIpc) is 3.35. The van der Waals surface area contributed by atoms with Gasteiger partial charge in [-0.15, -0.1) is 0 Å². The van der Waals surface area contributed by atoms with Gasteiger partial charge in [0, 0.05) is 53.8 Å². The Morgan fingerprint density at radius 1 is 1.16 bits per heavy atom. The zero-order chi connectivity index (χ0) is 22.3. The maximum atomic E-state index is 13.4. The third-order valence-electron chi connectivity index (χ3n) is 6.10. The molecule has 4 rings (SSSR count). The van der Waals surface area contributed by atoms with E-state index in [0.29, 0.717) is 31.7 Å². The fourth-order valence-corrected chi connectivity index (χ4v) is 4.96. The van der Waals surface area contributed by atoms with Crippen LogP contribution < -0.4 is 0 Å². The molecule has 0 radical (unpaired) electrons. The Balaban J connectivity index is 1.84. The molecule has 31 heavy (non-hydrogen) atoms. The fraction of sp³-hybridized carbons (Fsp3) is 0.360. The first-order chi connectivity index (χ1) is 14.7. The highest BCUT2D eigenvalue weighted by Crippen LogP contribution is 2.40. The van der Waals surface area contributed by atoms with Gasteiger partial charge >= 0.3 is 0 Å². The number of nitrogens with one attached hydrogen (secondary N) is 1. The number of aromatic amines is 1. The number of hydrogen-bond acceptors (Lipinski definition) is 2. The van der Waals surface area contributed by atoms with Gasteiger partial charge in [0.15, 0.2) is 5.78 Å². The van der Waals surface area contributed by atoms with E-state index in [9.17, 15) is 14.0 Å². The lowest BCUT2D eigenvalue weighted by molar-refractivity contribution is 0.0674. The Labute approximate surface area is 181 Å². The van der Waals surface area contributed by atoms with Crippen molar-refractivity contribution in [1.29, 1.82) is 0 Å². The number of hydrogen-bond donors (Lipinski definition) is 1. The summed E-state index contributed by atoms with van der Waals surface area (Å²) in [5.41, 5.74) is 4.89. The van der Waals surface area contributed by atoms with Gasteiger partial charge in [0.1, 0.15) is 11.5 Å². The van der Waals surface area contributed by atoms with E-state index in [1.165, 1.54) is 12.1 Å². The second-order valence-corrected chi connectivity index (χ2v) is 8.90. The van der Waals surface area contributed by atoms with Crippen LogP contribution in [0, 0.1) is 5.82 Å². The molecule has 3 aromatic rings. The molecule has 1 aromatic carbocycles. The zero-order valence-corrected chi connectivity index (χ0v) is 18.5. The highest BCUT2D eigenvalue weighted by Gasteiger charge is 2.41. The van der Waals surface area contributed by atoms with Gasteiger partial charge in [-0.05, 0) is 43.2 Å². The van der Waals surface area contributed by atoms with Crippen molar-refractivity contribution < 1.29 is 14.0 Å². The van der Waals surface area contributed by atoms with Crippen LogP contribution in [0.3, 0.4) is 0 Å². The van der Waals surface area contributed by atoms with Crippen molar-refractivity contribution in [2.24, 2.45) is 0 Å². The van der Waals surface area contributed by atoms with Crippen LogP contribution in [0.15, 0.2) is 42.6 Å². The van der Waals surface area contributed by atoms with E-state index in [0.717, 1.165) is 28.1 Å². The van der Waals surface area contributed by atoms with Gasteiger partial charge in [-0.3, -0.25) is 9.59 Å². The Bertz CT molecular complexity index is 1120. The van der Waals surface area contributed by atoms with Crippen LogP contribution in [0.5, 0.6) is 0 Å². The molecule has 5 nitrogen and oxygen atoms in total. The minimum absolute atomic E-state index is 0.0101. The normalized spacial score (nSPS) is 15.1. The minimum Gasteiger partial charge on any atom is -0.357 e. The number of aromatic nitrogens is 2. The van der Waals surface area contributed by atoms with Crippen molar-refractivity contribution in [3.8, 4) is 0 Å². The van der Waals surface area contributed by atoms with Crippen molar-refractivity contribution >= 4 is 11.7 Å². The number of carbonyl (C=O) groups is 2. The van der Waals surface area contributed by atoms with E-state index >= 15 is 0 Å². The van der Waals surface area contributed by atoms with Crippen molar-refractivity contribution in [1.82, 2.24) is 14.5 Å². The van der Waals surface area contributed by atoms with Crippen LogP contribution in [0.4, 0.5) is 4.39 Å². The molecule has 1 N–H and O–H groups in total. The van der Waals surface area contributed by atoms with E-state index in [1.807, 2.05) is 17.9 Å². The predicted octanol–water partition coefficient (Wildman–Crippen LogP) is 4.70. The maximum Gasteiger partial charge on any atom is 0.270 e. The molecular formula is C25H28FN3O2. The molecule has 162 valence electrons. The van der Waals surface area contributed by atoms with E-state index in [-0.39, 0.29) is 22.9 Å². The zero-order valence-electron chi connectivity index (χ0n) is 18.5. The Morgan fingerprint density at radius 3 is 2.45 bits per heavy atom. The molecule has 0 spiro atoms. The number of Topliss-reactive ketones (excluding diaryl/α,β-unsaturated/α-hetero) is 1. The molecule has 1 aliphatic heterocycles. The van der Waals surface area contributed by atoms with Gasteiger partial charge < -0.3 is 14.5 Å². The van der Waals surface area contributed by atoms with Crippen molar-refractivity contribution in [2.75, 3.05) is 6.54 Å². The molecule has 0 saturated carbocycles. The molecule has 0 bridgehead atoms. The Hall–Kier alpha value is -3.15. The van der Waals surface area contributed by atoms with Crippen molar-refractivity contribution in [3.05, 3.63) is 82.2 Å². The minimum atomic E-state index is -0.354. The lowest BCUT2D eigenvalue weighted by atomic mass is 9.81. The van der Waals surface area contributed by atoms with Gasteiger partial charge in [0.05, 0.1) is 0 Å². The van der Waals surface area contributed by atoms with Crippen LogP contribution in [0.25, 0.3) is 0 Å². The van der Waals surface area contributed by atoms with Crippen molar-refractivity contribution in [2.45, 2.75) is 52.6 Å². The first kappa shape index (κ1) is 21.1. The molecule has 0 unspecified atom stereocenters. The second-order valence-electron chi connectivity index (χ2n) is 8.90. The standard InChI is InChI=1S/C25H28FN3O2/c1-5-21-22(16(2)30)19-14-28(24(31)20-7-6-12-27-20)15-25(3,4)23(19)29(21)13-17-8-10-18(26)11-9-17/h6-12,27H,5,13-15H2,1-4H3. The summed E-state index contributed by atoms with van der Waals surface area (Å²) in [6, 6.07) is 10.1. The molecule has 3 heterocycles. The van der Waals surface area contributed by atoms with Crippen LogP contribution in [-0.4, -0.2) is 32.7 Å². The number of H-pyrrole nitrogens is 1. The van der Waals surface area contributed by atoms with Gasteiger partial charge in [-0.25, -0.2) is 4.39 Å². The lowest BCUT2D eigenvalue weighted by Gasteiger charge is -2.39. The van der Waals surface area contributed by atoms with Gasteiger partial charge in [0.2, 0.25) is 0 Å². The highest BCUT2D eigenvalue weighted by atomic mass is 19.1. The van der Waals surface area contributed by atoms with Gasteiger partial charge in [-0.2, -0.15) is 0 Å². The molecule has 0 fully saturated rings. The third-order valence-corrected chi connectivity index (χ3v) is 6.10. The van der Waals surface area contributed by atoms with Gasteiger partial charge in [0.25, 0.3) is 5.91 Å². The molecular weight excluding hydrogens is 393 g/mol. The number of amides is 1. The second kappa shape index (κ2) is 7.84. The molecule has 0 saturated heterocycles. The van der Waals surface area contributed by atoms with E-state index in [4.69, 9.17) is 0 Å². The summed E-state index contributed by atoms with van der Waals surface area (Å²) < 4.78 is 15.6. The van der Waals surface area contributed by atoms with Crippen LogP contribution >= 0.6 is 0 Å². The Morgan fingerprint density at radius 2 is 1.87 bits per heavy atom. The summed E-state index contributed by atoms with van der Waals surface area (Å²) >= 11 is 0. The highest BCUT2D eigenvalue weighted by molar-refractivity contribution is 5.98. The predicted molar refractivity (Wildman–Crippen MR) is 118 cm³/mol. The molecule has 1 aliphatic rings. The Kier molecular flexibility index (Phi) is 5.33. The first-order valence-corrected chi connectivity index (χ1v) is 10.7. The number of fused-ring (bicyclic) bond motifs is 1. The first-order valence-electron chi connectivity index (χ1n) is 10.7. The van der Waals surface area contributed by atoms with Crippen LogP contribution in [0.2, 0.25) is 0 Å². The number of rotatable bonds is 5. The fourth-order valence-electron chi connectivity index (χ4n) is 4.96. The maximum absolute atomic E-state index is 13.4. The molecule has 6 heteroatoms. The van der Waals surface area contributed by atoms with E-state index < -0.39 is 0 Å². The molecule has 1 amide bonds. The lowest BCUT2D eigenvalue weighted by Crippen LogP contribution is -2.46. The average molecular weight is 422 g/mol. The van der Waals surface area contributed by atoms with Crippen molar-refractivity contribution in [3.63, 3.8) is 0 Å². The number of ketones is 1.